The van der Waals surface area contributed by atoms with E-state index >= 15 is 0 Å². The van der Waals surface area contributed by atoms with Crippen LogP contribution in [-0.2, 0) is 30.7 Å². The molecule has 9 rings (SSSR count). The fourth-order valence-corrected chi connectivity index (χ4v) is 8.67. The number of hydrogen-bond acceptors (Lipinski definition) is 0. The summed E-state index contributed by atoms with van der Waals surface area (Å²) in [5.41, 5.74) is 14.5. The third kappa shape index (κ3) is 8.36. The predicted molar refractivity (Wildman–Crippen MR) is 201 cm³/mol. The topological polar surface area (TPSA) is 0 Å². The number of hydrogen-bond donors (Lipinski definition) is 0. The van der Waals surface area contributed by atoms with Crippen molar-refractivity contribution in [2.24, 2.45) is 35.0 Å². The maximum Gasteiger partial charge on any atom is -0.358 e. The van der Waals surface area contributed by atoms with E-state index in [1.807, 2.05) is 24.3 Å². The smallest absolute Gasteiger partial charge is 0.358 e. The minimum Gasteiger partial charge on any atom is -0.358 e. The van der Waals surface area contributed by atoms with Crippen LogP contribution >= 0.6 is 24.8 Å². The zero-order valence-electron chi connectivity index (χ0n) is 29.3. The van der Waals surface area contributed by atoms with Crippen molar-refractivity contribution in [1.29, 1.82) is 0 Å². The van der Waals surface area contributed by atoms with E-state index in [0.29, 0.717) is 11.3 Å². The van der Waals surface area contributed by atoms with Gasteiger partial charge in [-0.1, -0.05) is 63.6 Å². The Bertz CT molecular complexity index is 1430. The van der Waals surface area contributed by atoms with Crippen molar-refractivity contribution in [3.05, 3.63) is 125 Å². The number of rotatable bonds is 1. The van der Waals surface area contributed by atoms with Gasteiger partial charge in [0.25, 0.3) is 0 Å². The van der Waals surface area contributed by atoms with Gasteiger partial charge in [-0.2, -0.15) is 70.8 Å². The standard InChI is InChI=1S/C17H23.C17H17.C7H7.CH3.CH2.2ClH.Zr/c1-11-3-4-14(5-11)17(2)15-7-12-6-13(9-15)10-16(17)8-12;1-10-5-14-9-15-6-11(2)13(4)8-17(15)16(14)7-12(10)3;1-7-5-3-2-4-6-7;;;;;/h4-5,11-13,15-16H,6-10H2,1-2H3;5,7-8H,9H2,1-4H3;3-6H,1H3;1H3;1H2;2*1H;/q4*-1;;;;. The molecule has 6 aliphatic carbocycles. The van der Waals surface area contributed by atoms with Gasteiger partial charge in [-0.3, -0.25) is 6.08 Å². The average molecular weight is 733 g/mol. The molecule has 0 amide bonds. The quantitative estimate of drug-likeness (QED) is 0.171. The normalized spacial score (nSPS) is 26.5. The summed E-state index contributed by atoms with van der Waals surface area (Å²) in [5, 5.41) is 0. The van der Waals surface area contributed by atoms with Crippen molar-refractivity contribution in [1.82, 2.24) is 0 Å². The molecule has 0 aromatic heterocycles. The molecule has 0 heterocycles. The van der Waals surface area contributed by atoms with Crippen molar-refractivity contribution >= 4 is 29.0 Å². The van der Waals surface area contributed by atoms with Crippen LogP contribution in [0.3, 0.4) is 0 Å². The SMILES string of the molecule is CC1[C-]=CC(C2(C)C3CC4CC(C3)CC2C4)=C1.Cc1[c-]c2c(cc1C)-c1cc(C)c(C)cc1C2.Cc1cc[c-]cc1.Cl.Cl.[CH2]=[Zr].[CH3-]. The zero-order chi connectivity index (χ0) is 30.9. The maximum atomic E-state index is 3.54. The molecular weight excluding hydrogens is 679 g/mol. The molecule has 1 atom stereocenters. The number of aryl methyl sites for hydroxylation is 5. The van der Waals surface area contributed by atoms with Gasteiger partial charge in [0.1, 0.15) is 0 Å². The minimum atomic E-state index is 0. The van der Waals surface area contributed by atoms with Crippen LogP contribution in [0.1, 0.15) is 84.9 Å². The molecule has 4 bridgehead atoms. The zero-order valence-corrected chi connectivity index (χ0v) is 33.4. The van der Waals surface area contributed by atoms with Crippen molar-refractivity contribution in [2.75, 3.05) is 0 Å². The summed E-state index contributed by atoms with van der Waals surface area (Å²) in [6, 6.07) is 21.3. The van der Waals surface area contributed by atoms with E-state index in [1.165, 1.54) is 100.0 Å². The molecule has 4 fully saturated rings. The molecule has 3 aromatic carbocycles. The second kappa shape index (κ2) is 17.2. The van der Waals surface area contributed by atoms with Crippen LogP contribution < -0.4 is 0 Å². The van der Waals surface area contributed by atoms with Gasteiger partial charge in [-0.15, -0.1) is 35.9 Å². The Hall–Kier alpha value is -1.53. The number of fused-ring (bicyclic) bond motifs is 3. The summed E-state index contributed by atoms with van der Waals surface area (Å²) in [6.45, 7) is 15.6. The molecule has 6 aliphatic rings. The second-order valence-corrected chi connectivity index (χ2v) is 14.1. The Balaban J connectivity index is 0.000000242. The van der Waals surface area contributed by atoms with Crippen molar-refractivity contribution in [2.45, 2.75) is 87.0 Å². The molecular formula is C43H54Cl2Zr-4. The number of halogens is 2. The van der Waals surface area contributed by atoms with Crippen LogP contribution in [0, 0.1) is 95.3 Å². The third-order valence-corrected chi connectivity index (χ3v) is 11.3. The van der Waals surface area contributed by atoms with Gasteiger partial charge in [-0.25, -0.2) is 6.08 Å². The molecule has 1 unspecified atom stereocenters. The third-order valence-electron chi connectivity index (χ3n) is 11.3. The Labute approximate surface area is 309 Å². The maximum absolute atomic E-state index is 3.54. The Kier molecular flexibility index (Phi) is 15.2. The van der Waals surface area contributed by atoms with E-state index in [0.717, 1.165) is 30.1 Å². The first kappa shape index (κ1) is 40.6. The minimum absolute atomic E-state index is 0. The van der Waals surface area contributed by atoms with Gasteiger partial charge in [-0.05, 0) is 92.7 Å². The molecule has 0 radical (unpaired) electrons. The van der Waals surface area contributed by atoms with Gasteiger partial charge in [0, 0.05) is 0 Å². The molecule has 0 saturated heterocycles. The first-order chi connectivity index (χ1) is 20.6. The molecule has 3 aromatic rings. The van der Waals surface area contributed by atoms with Gasteiger partial charge < -0.3 is 7.43 Å². The van der Waals surface area contributed by atoms with Crippen molar-refractivity contribution in [3.8, 4) is 11.1 Å². The average Bonchev–Trinajstić information content (AvgIpc) is 3.57. The van der Waals surface area contributed by atoms with E-state index in [4.69, 9.17) is 0 Å². The van der Waals surface area contributed by atoms with Gasteiger partial charge in [0.15, 0.2) is 0 Å². The first-order valence-corrected chi connectivity index (χ1v) is 18.1. The first-order valence-electron chi connectivity index (χ1n) is 16.3. The molecule has 248 valence electrons. The van der Waals surface area contributed by atoms with Crippen LogP contribution in [0.15, 0.2) is 60.2 Å². The number of allylic oxidation sites excluding steroid dienone is 4. The van der Waals surface area contributed by atoms with Gasteiger partial charge in [0.2, 0.25) is 0 Å². The predicted octanol–water partition coefficient (Wildman–Crippen LogP) is 11.7. The molecule has 0 aliphatic heterocycles. The fraction of sp³-hybridized carbons (Fsp3) is 0.442. The summed E-state index contributed by atoms with van der Waals surface area (Å²) in [7, 11) is 0. The largest absolute Gasteiger partial charge is 0.358 e. The fourth-order valence-electron chi connectivity index (χ4n) is 8.67. The molecule has 3 heteroatoms. The summed E-state index contributed by atoms with van der Waals surface area (Å²) >= 11 is 1.30. The van der Waals surface area contributed by atoms with E-state index in [9.17, 15) is 0 Å². The Morgan fingerprint density at radius 3 is 1.83 bits per heavy atom. The van der Waals surface area contributed by atoms with Crippen molar-refractivity contribution < 1.29 is 24.2 Å². The van der Waals surface area contributed by atoms with E-state index in [2.05, 4.69) is 101 Å². The van der Waals surface area contributed by atoms with E-state index < -0.39 is 0 Å². The van der Waals surface area contributed by atoms with Crippen LogP contribution in [0.2, 0.25) is 0 Å². The van der Waals surface area contributed by atoms with Crippen LogP contribution in [0.5, 0.6) is 0 Å². The Morgan fingerprint density at radius 1 is 0.783 bits per heavy atom. The van der Waals surface area contributed by atoms with E-state index in [-0.39, 0.29) is 32.2 Å². The van der Waals surface area contributed by atoms with Crippen molar-refractivity contribution in [3.63, 3.8) is 0 Å². The van der Waals surface area contributed by atoms with E-state index in [1.54, 1.807) is 12.0 Å². The molecule has 0 spiro atoms. The van der Waals surface area contributed by atoms with Gasteiger partial charge >= 0.3 is 28.4 Å². The Morgan fingerprint density at radius 2 is 1.33 bits per heavy atom. The molecule has 4 saturated carbocycles. The van der Waals surface area contributed by atoms with Crippen LogP contribution in [0.4, 0.5) is 0 Å². The second-order valence-electron chi connectivity index (χ2n) is 14.1. The summed E-state index contributed by atoms with van der Waals surface area (Å²) in [5.74, 6) is 4.68. The summed E-state index contributed by atoms with van der Waals surface area (Å²) in [6.07, 6.45) is 17.0. The molecule has 0 nitrogen and oxygen atoms in total. The van der Waals surface area contributed by atoms with Crippen LogP contribution in [-0.4, -0.2) is 4.21 Å². The summed E-state index contributed by atoms with van der Waals surface area (Å²) in [4.78, 5) is 0. The van der Waals surface area contributed by atoms with Crippen LogP contribution in [0.25, 0.3) is 11.1 Å². The monoisotopic (exact) mass is 730 g/mol. The molecule has 0 N–H and O–H groups in total. The molecule has 46 heavy (non-hydrogen) atoms. The summed E-state index contributed by atoms with van der Waals surface area (Å²) < 4.78 is 3.34. The van der Waals surface area contributed by atoms with Gasteiger partial charge in [0.05, 0.1) is 0 Å². The number of benzene rings is 3.